The van der Waals surface area contributed by atoms with Gasteiger partial charge in [-0.3, -0.25) is 0 Å². The quantitative estimate of drug-likeness (QED) is 0.792. The Kier molecular flexibility index (Phi) is 4.18. The summed E-state index contributed by atoms with van der Waals surface area (Å²) < 4.78 is 18.9. The molecule has 2 rings (SSSR count). The van der Waals surface area contributed by atoms with E-state index in [1.165, 1.54) is 6.33 Å². The minimum Gasteiger partial charge on any atom is -0.461 e. The Morgan fingerprint density at radius 1 is 1.26 bits per heavy atom. The first kappa shape index (κ1) is 13.1. The summed E-state index contributed by atoms with van der Waals surface area (Å²) in [5, 5.41) is 0. The Labute approximate surface area is 110 Å². The Morgan fingerprint density at radius 3 is 2.68 bits per heavy atom. The average molecular weight is 260 g/mol. The number of hydrogen-bond acceptors (Lipinski definition) is 4. The van der Waals surface area contributed by atoms with Gasteiger partial charge < -0.3 is 4.74 Å². The summed E-state index contributed by atoms with van der Waals surface area (Å²) in [5.41, 5.74) is 0.780. The second-order valence-electron chi connectivity index (χ2n) is 3.87. The predicted molar refractivity (Wildman–Crippen MR) is 67.2 cm³/mol. The molecule has 1 aromatic carbocycles. The van der Waals surface area contributed by atoms with Crippen LogP contribution in [0.15, 0.2) is 36.7 Å². The zero-order valence-electron chi connectivity index (χ0n) is 10.5. The molecule has 0 N–H and O–H groups in total. The van der Waals surface area contributed by atoms with Crippen molar-refractivity contribution in [2.45, 2.75) is 13.3 Å². The summed E-state index contributed by atoms with van der Waals surface area (Å²) in [7, 11) is 0. The molecule has 0 unspecified atom stereocenters. The number of esters is 1. The number of aromatic nitrogens is 2. The monoisotopic (exact) mass is 260 g/mol. The molecule has 98 valence electrons. The summed E-state index contributed by atoms with van der Waals surface area (Å²) in [5.74, 6) is -1.48. The number of nitrogens with zero attached hydrogens (tertiary/aromatic N) is 2. The fraction of sp³-hybridized carbons (Fsp3) is 0.214. The van der Waals surface area contributed by atoms with E-state index in [2.05, 4.69) is 9.97 Å². The highest BCUT2D eigenvalue weighted by molar-refractivity contribution is 5.87. The molecule has 4 nitrogen and oxygen atoms in total. The Balaban J connectivity index is 2.27. The maximum absolute atomic E-state index is 14.1. The van der Waals surface area contributed by atoms with Gasteiger partial charge >= 0.3 is 5.97 Å². The van der Waals surface area contributed by atoms with Crippen molar-refractivity contribution in [3.05, 3.63) is 59.4 Å². The number of halogens is 1. The molecule has 0 bridgehead atoms. The van der Waals surface area contributed by atoms with Gasteiger partial charge in [-0.05, 0) is 12.5 Å². The molecule has 0 aliphatic rings. The maximum atomic E-state index is 14.1. The van der Waals surface area contributed by atoms with Crippen molar-refractivity contribution in [2.24, 2.45) is 0 Å². The van der Waals surface area contributed by atoms with E-state index < -0.39 is 11.8 Å². The highest BCUT2D eigenvalue weighted by Gasteiger charge is 2.18. The highest BCUT2D eigenvalue weighted by atomic mass is 19.1. The van der Waals surface area contributed by atoms with Crippen LogP contribution in [0.5, 0.6) is 0 Å². The Bertz CT molecular complexity index is 573. The predicted octanol–water partition coefficient (Wildman–Crippen LogP) is 2.38. The smallest absolute Gasteiger partial charge is 0.360 e. The van der Waals surface area contributed by atoms with Gasteiger partial charge in [0.25, 0.3) is 0 Å². The minimum absolute atomic E-state index is 0.177. The van der Waals surface area contributed by atoms with Crippen molar-refractivity contribution in [3.8, 4) is 0 Å². The SMILES string of the molecule is CCOC(=O)c1ncnc(Cc2ccccc2)c1F. The van der Waals surface area contributed by atoms with Gasteiger partial charge in [0.05, 0.1) is 12.3 Å². The van der Waals surface area contributed by atoms with Crippen LogP contribution in [0.25, 0.3) is 0 Å². The third-order valence-electron chi connectivity index (χ3n) is 2.54. The molecule has 0 aliphatic heterocycles. The fourth-order valence-corrected chi connectivity index (χ4v) is 1.66. The summed E-state index contributed by atoms with van der Waals surface area (Å²) in [4.78, 5) is 19.0. The van der Waals surface area contributed by atoms with Crippen LogP contribution >= 0.6 is 0 Å². The van der Waals surface area contributed by atoms with E-state index in [0.717, 1.165) is 5.56 Å². The van der Waals surface area contributed by atoms with E-state index in [1.807, 2.05) is 30.3 Å². The molecule has 0 radical (unpaired) electrons. The van der Waals surface area contributed by atoms with Gasteiger partial charge in [0, 0.05) is 6.42 Å². The molecule has 0 saturated heterocycles. The molecule has 0 saturated carbocycles. The molecule has 19 heavy (non-hydrogen) atoms. The van der Waals surface area contributed by atoms with Gasteiger partial charge in [0.2, 0.25) is 0 Å². The topological polar surface area (TPSA) is 52.1 Å². The molecule has 0 atom stereocenters. The Hall–Kier alpha value is -2.30. The van der Waals surface area contributed by atoms with Gasteiger partial charge in [0.15, 0.2) is 11.5 Å². The zero-order valence-corrected chi connectivity index (χ0v) is 10.5. The van der Waals surface area contributed by atoms with Gasteiger partial charge in [0.1, 0.15) is 6.33 Å². The fourth-order valence-electron chi connectivity index (χ4n) is 1.66. The number of ether oxygens (including phenoxy) is 1. The highest BCUT2D eigenvalue weighted by Crippen LogP contribution is 2.13. The van der Waals surface area contributed by atoms with Gasteiger partial charge in [-0.15, -0.1) is 0 Å². The lowest BCUT2D eigenvalue weighted by Gasteiger charge is -2.06. The summed E-state index contributed by atoms with van der Waals surface area (Å²) in [6, 6.07) is 9.34. The van der Waals surface area contributed by atoms with Crippen molar-refractivity contribution >= 4 is 5.97 Å². The third-order valence-corrected chi connectivity index (χ3v) is 2.54. The van der Waals surface area contributed by atoms with Gasteiger partial charge in [-0.25, -0.2) is 19.2 Å². The molecule has 0 fully saturated rings. The maximum Gasteiger partial charge on any atom is 0.360 e. The molecule has 5 heteroatoms. The normalized spacial score (nSPS) is 10.2. The second kappa shape index (κ2) is 6.04. The standard InChI is InChI=1S/C14H13FN2O2/c1-2-19-14(18)13-12(15)11(16-9-17-13)8-10-6-4-3-5-7-10/h3-7,9H,2,8H2,1H3. The van der Waals surface area contributed by atoms with Crippen molar-refractivity contribution in [2.75, 3.05) is 6.61 Å². The number of carbonyl (C=O) groups is 1. The first-order valence-electron chi connectivity index (χ1n) is 5.92. The first-order valence-corrected chi connectivity index (χ1v) is 5.92. The molecule has 1 aromatic heterocycles. The van der Waals surface area contributed by atoms with Crippen LogP contribution in [-0.2, 0) is 11.2 Å². The summed E-state index contributed by atoms with van der Waals surface area (Å²) in [6.07, 6.45) is 1.48. The van der Waals surface area contributed by atoms with E-state index in [-0.39, 0.29) is 18.0 Å². The molecule has 0 spiro atoms. The molecule has 0 aliphatic carbocycles. The largest absolute Gasteiger partial charge is 0.461 e. The second-order valence-corrected chi connectivity index (χ2v) is 3.87. The molecule has 2 aromatic rings. The van der Waals surface area contributed by atoms with Gasteiger partial charge in [-0.1, -0.05) is 30.3 Å². The van der Waals surface area contributed by atoms with E-state index >= 15 is 0 Å². The molecule has 1 heterocycles. The van der Waals surface area contributed by atoms with E-state index in [9.17, 15) is 9.18 Å². The van der Waals surface area contributed by atoms with Crippen LogP contribution in [0.1, 0.15) is 28.7 Å². The van der Waals surface area contributed by atoms with Gasteiger partial charge in [-0.2, -0.15) is 0 Å². The van der Waals surface area contributed by atoms with Crippen LogP contribution in [0.2, 0.25) is 0 Å². The van der Waals surface area contributed by atoms with Crippen molar-refractivity contribution in [1.82, 2.24) is 9.97 Å². The molecule has 0 amide bonds. The van der Waals surface area contributed by atoms with E-state index in [1.54, 1.807) is 6.92 Å². The molecular weight excluding hydrogens is 247 g/mol. The molecular formula is C14H13FN2O2. The first-order chi connectivity index (χ1) is 9.22. The Morgan fingerprint density at radius 2 is 2.00 bits per heavy atom. The number of hydrogen-bond donors (Lipinski definition) is 0. The lowest BCUT2D eigenvalue weighted by atomic mass is 10.1. The van der Waals surface area contributed by atoms with E-state index in [0.29, 0.717) is 6.42 Å². The lowest BCUT2D eigenvalue weighted by Crippen LogP contribution is -2.12. The van der Waals surface area contributed by atoms with Crippen molar-refractivity contribution in [1.29, 1.82) is 0 Å². The van der Waals surface area contributed by atoms with Crippen LogP contribution < -0.4 is 0 Å². The van der Waals surface area contributed by atoms with Crippen LogP contribution in [-0.4, -0.2) is 22.5 Å². The van der Waals surface area contributed by atoms with Crippen LogP contribution in [0, 0.1) is 5.82 Å². The van der Waals surface area contributed by atoms with E-state index in [4.69, 9.17) is 4.74 Å². The lowest BCUT2D eigenvalue weighted by molar-refractivity contribution is 0.0513. The average Bonchev–Trinajstić information content (AvgIpc) is 2.42. The number of benzene rings is 1. The summed E-state index contributed by atoms with van der Waals surface area (Å²) >= 11 is 0. The van der Waals surface area contributed by atoms with Crippen molar-refractivity contribution in [3.63, 3.8) is 0 Å². The van der Waals surface area contributed by atoms with Crippen LogP contribution in [0.4, 0.5) is 4.39 Å². The number of carbonyl (C=O) groups excluding carboxylic acids is 1. The number of rotatable bonds is 4. The third kappa shape index (κ3) is 3.13. The van der Waals surface area contributed by atoms with Crippen LogP contribution in [0.3, 0.4) is 0 Å². The zero-order chi connectivity index (χ0) is 13.7. The minimum atomic E-state index is -0.767. The summed E-state index contributed by atoms with van der Waals surface area (Å²) in [6.45, 7) is 1.83. The van der Waals surface area contributed by atoms with Crippen molar-refractivity contribution < 1.29 is 13.9 Å².